The maximum atomic E-state index is 9.19. The van der Waals surface area contributed by atoms with Gasteiger partial charge in [0.1, 0.15) is 0 Å². The lowest BCUT2D eigenvalue weighted by Gasteiger charge is -2.24. The van der Waals surface area contributed by atoms with E-state index in [2.05, 4.69) is 21.2 Å². The molecule has 0 fully saturated rings. The summed E-state index contributed by atoms with van der Waals surface area (Å²) in [7, 11) is 3.22. The number of aliphatic hydroxyl groups excluding tert-OH is 1. The molecule has 0 atom stereocenters. The molecule has 4 nitrogen and oxygen atoms in total. The quantitative estimate of drug-likeness (QED) is 0.825. The number of rotatable bonds is 6. The predicted molar refractivity (Wildman–Crippen MR) is 82.5 cm³/mol. The summed E-state index contributed by atoms with van der Waals surface area (Å²) in [5.41, 5.74) is 0.751. The number of aliphatic hydroxyl groups is 1. The molecular formula is C13H21BrClNO3. The van der Waals surface area contributed by atoms with Gasteiger partial charge in [0.15, 0.2) is 11.5 Å². The van der Waals surface area contributed by atoms with Crippen LogP contribution in [-0.4, -0.2) is 31.5 Å². The Hall–Kier alpha value is -0.490. The third-order valence-electron chi connectivity index (χ3n) is 2.66. The molecule has 0 aliphatic heterocycles. The SMILES string of the molecule is COc1cc(CNC(C)(C)CO)cc(Br)c1OC.Cl. The number of methoxy groups -OCH3 is 2. The molecule has 0 saturated heterocycles. The standard InChI is InChI=1S/C13H20BrNO3.ClH/c1-13(2,8-16)15-7-9-5-10(14)12(18-4)11(6-9)17-3;/h5-6,15-16H,7-8H2,1-4H3;1H. The zero-order chi connectivity index (χ0) is 13.8. The zero-order valence-electron chi connectivity index (χ0n) is 11.6. The van der Waals surface area contributed by atoms with Crippen LogP contribution in [0.5, 0.6) is 11.5 Å². The fraction of sp³-hybridized carbons (Fsp3) is 0.538. The highest BCUT2D eigenvalue weighted by molar-refractivity contribution is 9.10. The second kappa shape index (κ2) is 7.94. The average Bonchev–Trinajstić information content (AvgIpc) is 2.35. The first-order valence-corrected chi connectivity index (χ1v) is 6.49. The summed E-state index contributed by atoms with van der Waals surface area (Å²) in [4.78, 5) is 0. The summed E-state index contributed by atoms with van der Waals surface area (Å²) >= 11 is 3.45. The number of nitrogens with one attached hydrogen (secondary N) is 1. The normalized spacial score (nSPS) is 10.8. The fourth-order valence-corrected chi connectivity index (χ4v) is 2.12. The van der Waals surface area contributed by atoms with Crippen molar-refractivity contribution in [3.8, 4) is 11.5 Å². The van der Waals surface area contributed by atoms with E-state index in [1.54, 1.807) is 14.2 Å². The predicted octanol–water partition coefficient (Wildman–Crippen LogP) is 2.75. The van der Waals surface area contributed by atoms with Crippen molar-refractivity contribution in [2.45, 2.75) is 25.9 Å². The first-order chi connectivity index (χ1) is 8.43. The van der Waals surface area contributed by atoms with Crippen molar-refractivity contribution in [3.63, 3.8) is 0 Å². The van der Waals surface area contributed by atoms with Crippen LogP contribution in [0.3, 0.4) is 0 Å². The third kappa shape index (κ3) is 5.18. The van der Waals surface area contributed by atoms with Crippen molar-refractivity contribution in [1.29, 1.82) is 0 Å². The molecule has 0 amide bonds. The van der Waals surface area contributed by atoms with Gasteiger partial charge < -0.3 is 19.9 Å². The van der Waals surface area contributed by atoms with Crippen molar-refractivity contribution in [3.05, 3.63) is 22.2 Å². The maximum absolute atomic E-state index is 9.19. The maximum Gasteiger partial charge on any atom is 0.174 e. The highest BCUT2D eigenvalue weighted by Gasteiger charge is 2.16. The Labute approximate surface area is 129 Å². The molecular weight excluding hydrogens is 334 g/mol. The van der Waals surface area contributed by atoms with E-state index < -0.39 is 0 Å². The summed E-state index contributed by atoms with van der Waals surface area (Å²) in [5.74, 6) is 1.37. The lowest BCUT2D eigenvalue weighted by molar-refractivity contribution is 0.187. The fourth-order valence-electron chi connectivity index (χ4n) is 1.47. The number of benzene rings is 1. The third-order valence-corrected chi connectivity index (χ3v) is 3.25. The van der Waals surface area contributed by atoms with Gasteiger partial charge in [-0.05, 0) is 47.5 Å². The minimum Gasteiger partial charge on any atom is -0.493 e. The van der Waals surface area contributed by atoms with Gasteiger partial charge in [-0.2, -0.15) is 0 Å². The van der Waals surface area contributed by atoms with Crippen LogP contribution in [0.1, 0.15) is 19.4 Å². The molecule has 0 spiro atoms. The first kappa shape index (κ1) is 18.5. The van der Waals surface area contributed by atoms with Crippen molar-refractivity contribution >= 4 is 28.3 Å². The molecule has 2 N–H and O–H groups in total. The van der Waals surface area contributed by atoms with E-state index in [0.29, 0.717) is 18.0 Å². The summed E-state index contributed by atoms with van der Waals surface area (Å²) in [6.45, 7) is 4.62. The summed E-state index contributed by atoms with van der Waals surface area (Å²) < 4.78 is 11.4. The number of hydrogen-bond acceptors (Lipinski definition) is 4. The van der Waals surface area contributed by atoms with Crippen molar-refractivity contribution < 1.29 is 14.6 Å². The van der Waals surface area contributed by atoms with Gasteiger partial charge in [0.2, 0.25) is 0 Å². The molecule has 1 aromatic carbocycles. The van der Waals surface area contributed by atoms with Crippen molar-refractivity contribution in [2.24, 2.45) is 0 Å². The molecule has 110 valence electrons. The van der Waals surface area contributed by atoms with Crippen LogP contribution >= 0.6 is 28.3 Å². The van der Waals surface area contributed by atoms with Crippen molar-refractivity contribution in [1.82, 2.24) is 5.32 Å². The van der Waals surface area contributed by atoms with Crippen LogP contribution in [0.15, 0.2) is 16.6 Å². The molecule has 19 heavy (non-hydrogen) atoms. The Bertz CT molecular complexity index is 413. The van der Waals surface area contributed by atoms with Crippen LogP contribution in [0, 0.1) is 0 Å². The molecule has 0 unspecified atom stereocenters. The van der Waals surface area contributed by atoms with Gasteiger partial charge in [0.05, 0.1) is 25.3 Å². The molecule has 0 heterocycles. The Morgan fingerprint density at radius 3 is 2.37 bits per heavy atom. The lowest BCUT2D eigenvalue weighted by atomic mass is 10.1. The zero-order valence-corrected chi connectivity index (χ0v) is 14.0. The largest absolute Gasteiger partial charge is 0.493 e. The monoisotopic (exact) mass is 353 g/mol. The van der Waals surface area contributed by atoms with Crippen LogP contribution in [0.25, 0.3) is 0 Å². The second-order valence-electron chi connectivity index (χ2n) is 4.71. The smallest absolute Gasteiger partial charge is 0.174 e. The van der Waals surface area contributed by atoms with E-state index in [9.17, 15) is 5.11 Å². The highest BCUT2D eigenvalue weighted by Crippen LogP contribution is 2.36. The Kier molecular flexibility index (Phi) is 7.74. The number of hydrogen-bond donors (Lipinski definition) is 2. The number of halogens is 2. The van der Waals surface area contributed by atoms with Gasteiger partial charge in [-0.3, -0.25) is 0 Å². The number of ether oxygens (including phenoxy) is 2. The summed E-state index contributed by atoms with van der Waals surface area (Å²) in [6, 6.07) is 3.89. The van der Waals surface area contributed by atoms with E-state index >= 15 is 0 Å². The Morgan fingerprint density at radius 2 is 1.89 bits per heavy atom. The van der Waals surface area contributed by atoms with Crippen LogP contribution < -0.4 is 14.8 Å². The van der Waals surface area contributed by atoms with Gasteiger partial charge in [-0.15, -0.1) is 12.4 Å². The molecule has 0 aromatic heterocycles. The lowest BCUT2D eigenvalue weighted by Crippen LogP contribution is -2.42. The van der Waals surface area contributed by atoms with E-state index in [1.807, 2.05) is 26.0 Å². The Morgan fingerprint density at radius 1 is 1.26 bits per heavy atom. The molecule has 0 aliphatic rings. The van der Waals surface area contributed by atoms with E-state index in [1.165, 1.54) is 0 Å². The molecule has 1 rings (SSSR count). The second-order valence-corrected chi connectivity index (χ2v) is 5.56. The topological polar surface area (TPSA) is 50.7 Å². The molecule has 0 saturated carbocycles. The van der Waals surface area contributed by atoms with Crippen LogP contribution in [-0.2, 0) is 6.54 Å². The average molecular weight is 355 g/mol. The van der Waals surface area contributed by atoms with Gasteiger partial charge in [-0.1, -0.05) is 0 Å². The van der Waals surface area contributed by atoms with Gasteiger partial charge >= 0.3 is 0 Å². The van der Waals surface area contributed by atoms with Crippen molar-refractivity contribution in [2.75, 3.05) is 20.8 Å². The Balaban J connectivity index is 0.00000324. The van der Waals surface area contributed by atoms with Gasteiger partial charge in [0.25, 0.3) is 0 Å². The minimum atomic E-state index is -0.306. The first-order valence-electron chi connectivity index (χ1n) is 5.70. The van der Waals surface area contributed by atoms with E-state index in [0.717, 1.165) is 10.0 Å². The summed E-state index contributed by atoms with van der Waals surface area (Å²) in [5, 5.41) is 12.5. The van der Waals surface area contributed by atoms with Crippen LogP contribution in [0.2, 0.25) is 0 Å². The van der Waals surface area contributed by atoms with Crippen LogP contribution in [0.4, 0.5) is 0 Å². The highest BCUT2D eigenvalue weighted by atomic mass is 79.9. The van der Waals surface area contributed by atoms with Gasteiger partial charge in [-0.25, -0.2) is 0 Å². The van der Waals surface area contributed by atoms with E-state index in [4.69, 9.17) is 9.47 Å². The summed E-state index contributed by atoms with van der Waals surface area (Å²) in [6.07, 6.45) is 0. The molecule has 0 radical (unpaired) electrons. The van der Waals surface area contributed by atoms with Gasteiger partial charge in [0, 0.05) is 12.1 Å². The molecule has 0 aliphatic carbocycles. The van der Waals surface area contributed by atoms with E-state index in [-0.39, 0.29) is 24.6 Å². The molecule has 6 heteroatoms. The molecule has 1 aromatic rings. The molecule has 0 bridgehead atoms. The minimum absolute atomic E-state index is 0.